The zero-order valence-electron chi connectivity index (χ0n) is 16.3. The number of halogens is 2. The second-order valence-electron chi connectivity index (χ2n) is 7.24. The number of hydrogen-bond donors (Lipinski definition) is 0. The Morgan fingerprint density at radius 3 is 2.63 bits per heavy atom. The number of ether oxygens (including phenoxy) is 1. The Morgan fingerprint density at radius 2 is 1.90 bits per heavy atom. The van der Waals surface area contributed by atoms with E-state index in [4.69, 9.17) is 21.3 Å². The van der Waals surface area contributed by atoms with E-state index < -0.39 is 0 Å². The van der Waals surface area contributed by atoms with Gasteiger partial charge in [0, 0.05) is 35.8 Å². The Morgan fingerprint density at radius 1 is 1.13 bits per heavy atom. The third kappa shape index (κ3) is 4.94. The normalized spacial score (nSPS) is 14.5. The number of likely N-dealkylation sites (tertiary alicyclic amines) is 1. The van der Waals surface area contributed by atoms with Crippen molar-refractivity contribution in [3.8, 4) is 17.0 Å². The zero-order valence-corrected chi connectivity index (χ0v) is 17.1. The summed E-state index contributed by atoms with van der Waals surface area (Å²) in [6.45, 7) is 1.22. The quantitative estimate of drug-likeness (QED) is 0.593. The van der Waals surface area contributed by atoms with E-state index in [1.807, 2.05) is 24.3 Å². The molecule has 154 valence electrons. The summed E-state index contributed by atoms with van der Waals surface area (Å²) in [6.07, 6.45) is 5.17. The van der Waals surface area contributed by atoms with Crippen LogP contribution in [-0.2, 0) is 4.79 Å². The van der Waals surface area contributed by atoms with Gasteiger partial charge in [-0.15, -0.1) is 0 Å². The van der Waals surface area contributed by atoms with E-state index in [0.717, 1.165) is 29.8 Å². The maximum absolute atomic E-state index is 12.9. The van der Waals surface area contributed by atoms with Crippen LogP contribution in [0.2, 0.25) is 5.02 Å². The lowest BCUT2D eigenvalue weighted by molar-refractivity contribution is -0.134. The number of rotatable bonds is 5. The minimum absolute atomic E-state index is 0.0552. The molecule has 1 aliphatic rings. The van der Waals surface area contributed by atoms with Crippen LogP contribution in [0.15, 0.2) is 60.9 Å². The molecule has 0 radical (unpaired) electrons. The fraction of sp³-hybridized carbons (Fsp3) is 0.261. The third-order valence-electron chi connectivity index (χ3n) is 5.22. The Hall–Kier alpha value is -2.99. The molecule has 1 aliphatic heterocycles. The van der Waals surface area contributed by atoms with Gasteiger partial charge in [-0.2, -0.15) is 0 Å². The van der Waals surface area contributed by atoms with Gasteiger partial charge in [-0.3, -0.25) is 9.78 Å². The topological polar surface area (TPSA) is 55.3 Å². The zero-order chi connectivity index (χ0) is 20.9. The first-order valence-corrected chi connectivity index (χ1v) is 10.2. The molecule has 5 nitrogen and oxygen atoms in total. The smallest absolute Gasteiger partial charge is 0.260 e. The van der Waals surface area contributed by atoms with E-state index in [9.17, 15) is 9.18 Å². The highest BCUT2D eigenvalue weighted by Crippen LogP contribution is 2.28. The predicted molar refractivity (Wildman–Crippen MR) is 113 cm³/mol. The lowest BCUT2D eigenvalue weighted by atomic mass is 9.93. The van der Waals surface area contributed by atoms with Crippen LogP contribution in [0.3, 0.4) is 0 Å². The van der Waals surface area contributed by atoms with Gasteiger partial charge < -0.3 is 9.64 Å². The minimum Gasteiger partial charge on any atom is -0.484 e. The molecular weight excluding hydrogens is 405 g/mol. The van der Waals surface area contributed by atoms with Crippen molar-refractivity contribution in [3.63, 3.8) is 0 Å². The van der Waals surface area contributed by atoms with Gasteiger partial charge in [0.25, 0.3) is 5.91 Å². The van der Waals surface area contributed by atoms with Crippen molar-refractivity contribution < 1.29 is 13.9 Å². The molecule has 1 aromatic heterocycles. The van der Waals surface area contributed by atoms with E-state index in [0.29, 0.717) is 23.9 Å². The maximum atomic E-state index is 12.9. The van der Waals surface area contributed by atoms with Crippen molar-refractivity contribution >= 4 is 17.5 Å². The number of benzene rings is 2. The average Bonchev–Trinajstić information content (AvgIpc) is 2.79. The molecule has 0 unspecified atom stereocenters. The second-order valence-corrected chi connectivity index (χ2v) is 7.67. The van der Waals surface area contributed by atoms with Gasteiger partial charge >= 0.3 is 0 Å². The van der Waals surface area contributed by atoms with Crippen molar-refractivity contribution in [2.45, 2.75) is 18.8 Å². The molecule has 0 saturated carbocycles. The van der Waals surface area contributed by atoms with Gasteiger partial charge in [0.1, 0.15) is 11.6 Å². The molecule has 1 saturated heterocycles. The molecule has 0 N–H and O–H groups in total. The lowest BCUT2D eigenvalue weighted by Crippen LogP contribution is -2.40. The van der Waals surface area contributed by atoms with E-state index >= 15 is 0 Å². The van der Waals surface area contributed by atoms with Gasteiger partial charge in [-0.1, -0.05) is 23.7 Å². The monoisotopic (exact) mass is 425 g/mol. The second kappa shape index (κ2) is 9.22. The van der Waals surface area contributed by atoms with Crippen LogP contribution in [0.5, 0.6) is 5.75 Å². The molecule has 0 atom stereocenters. The fourth-order valence-corrected chi connectivity index (χ4v) is 3.75. The summed E-state index contributed by atoms with van der Waals surface area (Å²) in [6, 6.07) is 13.2. The van der Waals surface area contributed by atoms with Gasteiger partial charge in [0.15, 0.2) is 6.61 Å². The molecule has 7 heteroatoms. The van der Waals surface area contributed by atoms with Crippen LogP contribution >= 0.6 is 11.6 Å². The molecule has 0 bridgehead atoms. The van der Waals surface area contributed by atoms with Gasteiger partial charge in [-0.05, 0) is 49.2 Å². The molecule has 3 aromatic rings. The first-order valence-electron chi connectivity index (χ1n) is 9.82. The number of aromatic nitrogens is 2. The summed E-state index contributed by atoms with van der Waals surface area (Å²) in [5.41, 5.74) is 2.66. The van der Waals surface area contributed by atoms with E-state index in [1.54, 1.807) is 17.3 Å². The molecule has 0 spiro atoms. The fourth-order valence-electron chi connectivity index (χ4n) is 3.56. The largest absolute Gasteiger partial charge is 0.484 e. The SMILES string of the molecule is O=C(COc1ccc(F)cc1)N1CCC(c2cncc(-c3cccc(Cl)c3)n2)CC1. The van der Waals surface area contributed by atoms with E-state index in [-0.39, 0.29) is 24.2 Å². The standard InChI is InChI=1S/C23H21ClFN3O2/c24-18-3-1-2-17(12-18)22-14-26-13-21(27-22)16-8-10-28(11-9-16)23(29)15-30-20-6-4-19(25)5-7-20/h1-7,12-14,16H,8-11,15H2. The summed E-state index contributed by atoms with van der Waals surface area (Å²) in [4.78, 5) is 23.4. The van der Waals surface area contributed by atoms with Crippen molar-refractivity contribution in [1.29, 1.82) is 0 Å². The number of carbonyl (C=O) groups is 1. The van der Waals surface area contributed by atoms with Crippen LogP contribution in [-0.4, -0.2) is 40.5 Å². The number of hydrogen-bond acceptors (Lipinski definition) is 4. The summed E-state index contributed by atoms with van der Waals surface area (Å²) < 4.78 is 18.4. The van der Waals surface area contributed by atoms with Crippen molar-refractivity contribution in [2.75, 3.05) is 19.7 Å². The van der Waals surface area contributed by atoms with Crippen molar-refractivity contribution in [2.24, 2.45) is 0 Å². The molecule has 2 heterocycles. The highest BCUT2D eigenvalue weighted by Gasteiger charge is 2.25. The maximum Gasteiger partial charge on any atom is 0.260 e. The van der Waals surface area contributed by atoms with Crippen LogP contribution in [0, 0.1) is 5.82 Å². The molecular formula is C23H21ClFN3O2. The number of carbonyl (C=O) groups excluding carboxylic acids is 1. The molecule has 1 amide bonds. The Balaban J connectivity index is 1.33. The molecule has 30 heavy (non-hydrogen) atoms. The highest BCUT2D eigenvalue weighted by atomic mass is 35.5. The van der Waals surface area contributed by atoms with E-state index in [1.165, 1.54) is 24.3 Å². The lowest BCUT2D eigenvalue weighted by Gasteiger charge is -2.31. The molecule has 1 fully saturated rings. The van der Waals surface area contributed by atoms with Crippen molar-refractivity contribution in [3.05, 3.63) is 77.5 Å². The van der Waals surface area contributed by atoms with Crippen LogP contribution in [0.25, 0.3) is 11.3 Å². The van der Waals surface area contributed by atoms with Crippen LogP contribution in [0.4, 0.5) is 4.39 Å². The highest BCUT2D eigenvalue weighted by molar-refractivity contribution is 6.30. The first-order chi connectivity index (χ1) is 14.6. The minimum atomic E-state index is -0.335. The molecule has 4 rings (SSSR count). The Kier molecular flexibility index (Phi) is 6.23. The Bertz CT molecular complexity index is 1020. The Labute approximate surface area is 179 Å². The van der Waals surface area contributed by atoms with E-state index in [2.05, 4.69) is 4.98 Å². The van der Waals surface area contributed by atoms with Gasteiger partial charge in [0.2, 0.25) is 0 Å². The van der Waals surface area contributed by atoms with Crippen LogP contribution < -0.4 is 4.74 Å². The number of nitrogens with zero attached hydrogens (tertiary/aromatic N) is 3. The summed E-state index contributed by atoms with van der Waals surface area (Å²) in [5.74, 6) is 0.321. The van der Waals surface area contributed by atoms with Crippen molar-refractivity contribution in [1.82, 2.24) is 14.9 Å². The first kappa shape index (κ1) is 20.3. The number of piperidine rings is 1. The number of amides is 1. The van der Waals surface area contributed by atoms with Crippen LogP contribution in [0.1, 0.15) is 24.5 Å². The summed E-state index contributed by atoms with van der Waals surface area (Å²) >= 11 is 6.09. The summed E-state index contributed by atoms with van der Waals surface area (Å²) in [7, 11) is 0. The molecule has 0 aliphatic carbocycles. The molecule has 2 aromatic carbocycles. The third-order valence-corrected chi connectivity index (χ3v) is 5.45. The predicted octanol–water partition coefficient (Wildman–Crippen LogP) is 4.72. The van der Waals surface area contributed by atoms with Gasteiger partial charge in [0.05, 0.1) is 17.6 Å². The summed E-state index contributed by atoms with van der Waals surface area (Å²) in [5, 5.41) is 0.661. The van der Waals surface area contributed by atoms with Gasteiger partial charge in [-0.25, -0.2) is 9.37 Å². The average molecular weight is 426 g/mol.